The molecule has 0 radical (unpaired) electrons. The van der Waals surface area contributed by atoms with Crippen LogP contribution in [0.1, 0.15) is 12.0 Å². The number of methoxy groups -OCH3 is 1. The summed E-state index contributed by atoms with van der Waals surface area (Å²) in [6.07, 6.45) is 0.751. The van der Waals surface area contributed by atoms with E-state index in [1.165, 1.54) is 0 Å². The molecule has 2 aromatic rings. The number of pyridine rings is 1. The number of hydrogen-bond donors (Lipinski definition) is 0. The maximum Gasteiger partial charge on any atom is 0.221 e. The second-order valence-electron chi connectivity index (χ2n) is 3.85. The molecule has 3 nitrogen and oxygen atoms in total. The van der Waals surface area contributed by atoms with E-state index < -0.39 is 0 Å². The van der Waals surface area contributed by atoms with Gasteiger partial charge in [-0.2, -0.15) is 0 Å². The first kappa shape index (κ1) is 13.1. The van der Waals surface area contributed by atoms with E-state index in [-0.39, 0.29) is 11.7 Å². The summed E-state index contributed by atoms with van der Waals surface area (Å²) in [5.74, 6) is 0.731. The van der Waals surface area contributed by atoms with Gasteiger partial charge in [-0.15, -0.1) is 0 Å². The summed E-state index contributed by atoms with van der Waals surface area (Å²) in [6, 6.07) is 7.50. The van der Waals surface area contributed by atoms with E-state index in [1.54, 1.807) is 7.11 Å². The van der Waals surface area contributed by atoms with E-state index in [0.717, 1.165) is 22.2 Å². The Labute approximate surface area is 115 Å². The van der Waals surface area contributed by atoms with Crippen molar-refractivity contribution in [2.45, 2.75) is 12.8 Å². The van der Waals surface area contributed by atoms with Crippen molar-refractivity contribution in [3.63, 3.8) is 0 Å². The minimum Gasteiger partial charge on any atom is -0.497 e. The van der Waals surface area contributed by atoms with Crippen LogP contribution in [0.2, 0.25) is 5.15 Å². The lowest BCUT2D eigenvalue weighted by Gasteiger charge is -2.06. The second-order valence-corrected chi connectivity index (χ2v) is 4.63. The lowest BCUT2D eigenvalue weighted by molar-refractivity contribution is -0.111. The van der Waals surface area contributed by atoms with Crippen LogP contribution in [0.4, 0.5) is 0 Å². The number of nitrogens with zero attached hydrogens (tertiary/aromatic N) is 1. The van der Waals surface area contributed by atoms with Crippen LogP contribution in [-0.2, 0) is 11.2 Å². The number of aromatic nitrogens is 1. The zero-order chi connectivity index (χ0) is 13.1. The number of carbonyl (C=O) groups excluding carboxylic acids is 1. The lowest BCUT2D eigenvalue weighted by atomic mass is 10.1. The quantitative estimate of drug-likeness (QED) is 0.636. The molecular formula is C13H11Cl2NO2. The van der Waals surface area contributed by atoms with Gasteiger partial charge in [0.15, 0.2) is 0 Å². The topological polar surface area (TPSA) is 39.2 Å². The first-order valence-electron chi connectivity index (χ1n) is 5.41. The number of ether oxygens (including phenoxy) is 1. The molecule has 18 heavy (non-hydrogen) atoms. The Hall–Kier alpha value is -1.32. The van der Waals surface area contributed by atoms with Crippen molar-refractivity contribution in [1.29, 1.82) is 0 Å². The standard InChI is InChI=1S/C13H11Cl2NO2/c1-18-10-4-2-8-6-9(3-5-12(14)17)13(15)16-11(8)7-10/h2,4,6-7H,3,5H2,1H3. The average molecular weight is 284 g/mol. The molecule has 5 heteroatoms. The molecule has 0 saturated carbocycles. The summed E-state index contributed by atoms with van der Waals surface area (Å²) in [5.41, 5.74) is 1.59. The van der Waals surface area contributed by atoms with E-state index in [0.29, 0.717) is 11.6 Å². The van der Waals surface area contributed by atoms with Crippen molar-refractivity contribution < 1.29 is 9.53 Å². The Balaban J connectivity index is 2.39. The average Bonchev–Trinajstić information content (AvgIpc) is 2.35. The molecule has 0 unspecified atom stereocenters. The summed E-state index contributed by atoms with van der Waals surface area (Å²) in [4.78, 5) is 15.1. The van der Waals surface area contributed by atoms with Gasteiger partial charge in [0.2, 0.25) is 5.24 Å². The second kappa shape index (κ2) is 5.55. The monoisotopic (exact) mass is 283 g/mol. The molecule has 1 aromatic heterocycles. The van der Waals surface area contributed by atoms with Crippen LogP contribution >= 0.6 is 23.2 Å². The molecule has 0 saturated heterocycles. The predicted octanol–water partition coefficient (Wildman–Crippen LogP) is 3.59. The van der Waals surface area contributed by atoms with Crippen LogP contribution < -0.4 is 4.74 Å². The molecule has 0 spiro atoms. The first-order valence-corrected chi connectivity index (χ1v) is 6.17. The van der Waals surface area contributed by atoms with E-state index in [1.807, 2.05) is 24.3 Å². The normalized spacial score (nSPS) is 10.6. The highest BCUT2D eigenvalue weighted by atomic mass is 35.5. The third-order valence-corrected chi connectivity index (χ3v) is 3.16. The van der Waals surface area contributed by atoms with Crippen LogP contribution in [0, 0.1) is 0 Å². The third kappa shape index (κ3) is 2.92. The van der Waals surface area contributed by atoms with Gasteiger partial charge in [-0.3, -0.25) is 4.79 Å². The zero-order valence-electron chi connectivity index (χ0n) is 9.74. The van der Waals surface area contributed by atoms with Gasteiger partial charge in [0.05, 0.1) is 12.6 Å². The summed E-state index contributed by atoms with van der Waals surface area (Å²) in [6.45, 7) is 0. The molecule has 0 aliphatic carbocycles. The molecular weight excluding hydrogens is 273 g/mol. The molecule has 0 aliphatic heterocycles. The minimum absolute atomic E-state index is 0.255. The van der Waals surface area contributed by atoms with Crippen molar-refractivity contribution in [3.05, 3.63) is 35.0 Å². The minimum atomic E-state index is -0.374. The molecule has 94 valence electrons. The Morgan fingerprint density at radius 1 is 1.39 bits per heavy atom. The number of benzene rings is 1. The number of halogens is 2. The number of aryl methyl sites for hydroxylation is 1. The molecule has 2 rings (SSSR count). The predicted molar refractivity (Wildman–Crippen MR) is 72.5 cm³/mol. The largest absolute Gasteiger partial charge is 0.497 e. The van der Waals surface area contributed by atoms with Gasteiger partial charge in [0.25, 0.3) is 0 Å². The maximum absolute atomic E-state index is 10.8. The molecule has 0 aliphatic rings. The Kier molecular flexibility index (Phi) is 4.04. The summed E-state index contributed by atoms with van der Waals surface area (Å²) < 4.78 is 5.13. The van der Waals surface area contributed by atoms with Gasteiger partial charge in [-0.1, -0.05) is 11.6 Å². The molecule has 0 N–H and O–H groups in total. The van der Waals surface area contributed by atoms with Gasteiger partial charge in [-0.05, 0) is 41.8 Å². The number of hydrogen-bond acceptors (Lipinski definition) is 3. The van der Waals surface area contributed by atoms with Crippen LogP contribution in [0.25, 0.3) is 10.9 Å². The molecule has 0 fully saturated rings. The van der Waals surface area contributed by atoms with Crippen LogP contribution in [-0.4, -0.2) is 17.3 Å². The van der Waals surface area contributed by atoms with Crippen molar-refractivity contribution in [3.8, 4) is 5.75 Å². The van der Waals surface area contributed by atoms with Crippen LogP contribution in [0.3, 0.4) is 0 Å². The van der Waals surface area contributed by atoms with Gasteiger partial charge >= 0.3 is 0 Å². The highest BCUT2D eigenvalue weighted by Gasteiger charge is 2.07. The zero-order valence-corrected chi connectivity index (χ0v) is 11.3. The highest BCUT2D eigenvalue weighted by molar-refractivity contribution is 6.63. The number of fused-ring (bicyclic) bond motifs is 1. The summed E-state index contributed by atoms with van der Waals surface area (Å²) >= 11 is 11.4. The number of rotatable bonds is 4. The fraction of sp³-hybridized carbons (Fsp3) is 0.231. The smallest absolute Gasteiger partial charge is 0.221 e. The third-order valence-electron chi connectivity index (χ3n) is 2.64. The SMILES string of the molecule is COc1ccc2cc(CCC(=O)Cl)c(Cl)nc2c1. The summed E-state index contributed by atoms with van der Waals surface area (Å²) in [5, 5.41) is 0.979. The van der Waals surface area contributed by atoms with E-state index in [9.17, 15) is 4.79 Å². The lowest BCUT2D eigenvalue weighted by Crippen LogP contribution is -1.95. The van der Waals surface area contributed by atoms with Crippen LogP contribution in [0.5, 0.6) is 5.75 Å². The Bertz CT molecular complexity index is 599. The van der Waals surface area contributed by atoms with Crippen molar-refractivity contribution in [2.24, 2.45) is 0 Å². The van der Waals surface area contributed by atoms with Crippen molar-refractivity contribution in [1.82, 2.24) is 4.98 Å². The van der Waals surface area contributed by atoms with Gasteiger partial charge in [0.1, 0.15) is 10.9 Å². The molecule has 1 aromatic carbocycles. The van der Waals surface area contributed by atoms with Crippen molar-refractivity contribution in [2.75, 3.05) is 7.11 Å². The highest BCUT2D eigenvalue weighted by Crippen LogP contribution is 2.25. The van der Waals surface area contributed by atoms with E-state index >= 15 is 0 Å². The Morgan fingerprint density at radius 2 is 2.17 bits per heavy atom. The van der Waals surface area contributed by atoms with Gasteiger partial charge in [-0.25, -0.2) is 4.98 Å². The molecule has 1 heterocycles. The Morgan fingerprint density at radius 3 is 2.83 bits per heavy atom. The van der Waals surface area contributed by atoms with Crippen LogP contribution in [0.15, 0.2) is 24.3 Å². The van der Waals surface area contributed by atoms with Gasteiger partial charge in [0, 0.05) is 17.9 Å². The molecule has 0 bridgehead atoms. The fourth-order valence-corrected chi connectivity index (χ4v) is 2.04. The maximum atomic E-state index is 10.8. The van der Waals surface area contributed by atoms with E-state index in [2.05, 4.69) is 4.98 Å². The molecule has 0 atom stereocenters. The van der Waals surface area contributed by atoms with Gasteiger partial charge < -0.3 is 4.74 Å². The molecule has 0 amide bonds. The fourth-order valence-electron chi connectivity index (χ4n) is 1.70. The summed E-state index contributed by atoms with van der Waals surface area (Å²) in [7, 11) is 1.60. The van der Waals surface area contributed by atoms with Crippen molar-refractivity contribution >= 4 is 39.3 Å². The first-order chi connectivity index (χ1) is 8.60. The van der Waals surface area contributed by atoms with E-state index in [4.69, 9.17) is 27.9 Å². The number of carbonyl (C=O) groups is 1.